The molecule has 0 radical (unpaired) electrons. The Hall–Kier alpha value is -3.21. The fraction of sp³-hybridized carbons (Fsp3) is 0.533. The van der Waals surface area contributed by atoms with Gasteiger partial charge in [-0.25, -0.2) is 0 Å². The van der Waals surface area contributed by atoms with E-state index in [0.717, 1.165) is 109 Å². The fourth-order valence-corrected chi connectivity index (χ4v) is 4.51. The molecule has 274 valence electrons. The zero-order chi connectivity index (χ0) is 35.6. The van der Waals surface area contributed by atoms with Crippen LogP contribution < -0.4 is 0 Å². The Morgan fingerprint density at radius 3 is 1.27 bits per heavy atom. The van der Waals surface area contributed by atoms with E-state index < -0.39 is 6.10 Å². The lowest BCUT2D eigenvalue weighted by atomic mass is 10.1. The van der Waals surface area contributed by atoms with Crippen molar-refractivity contribution < 1.29 is 19.4 Å². The largest absolute Gasteiger partial charge is 0.457 e. The molecule has 0 aromatic rings. The van der Waals surface area contributed by atoms with E-state index in [4.69, 9.17) is 9.47 Å². The summed E-state index contributed by atoms with van der Waals surface area (Å²) < 4.78 is 11.0. The number of hydrogen-bond donors (Lipinski definition) is 1. The van der Waals surface area contributed by atoms with Crippen LogP contribution in [0.25, 0.3) is 0 Å². The number of esters is 1. The molecule has 0 amide bonds. The number of unbranched alkanes of at least 4 members (excludes halogenated alkanes) is 5. The summed E-state index contributed by atoms with van der Waals surface area (Å²) in [6, 6.07) is 0. The molecule has 0 saturated carbocycles. The number of carbonyl (C=O) groups excluding carboxylic acids is 1. The van der Waals surface area contributed by atoms with E-state index >= 15 is 0 Å². The molecule has 0 bridgehead atoms. The Morgan fingerprint density at radius 1 is 0.490 bits per heavy atom. The van der Waals surface area contributed by atoms with Gasteiger partial charge in [0.15, 0.2) is 0 Å². The molecule has 0 aliphatic heterocycles. The first-order valence-corrected chi connectivity index (χ1v) is 19.1. The highest BCUT2D eigenvalue weighted by molar-refractivity contribution is 5.69. The minimum absolute atomic E-state index is 0.214. The molecule has 0 saturated heterocycles. The number of allylic oxidation sites excluding steroid dienone is 20. The fourth-order valence-electron chi connectivity index (χ4n) is 4.51. The number of hydrogen-bond acceptors (Lipinski definition) is 4. The number of aliphatic hydroxyl groups excluding tert-OH is 1. The maximum Gasteiger partial charge on any atom is 0.306 e. The monoisotopic (exact) mass is 675 g/mol. The van der Waals surface area contributed by atoms with Gasteiger partial charge in [-0.05, 0) is 96.3 Å². The zero-order valence-electron chi connectivity index (χ0n) is 31.1. The minimum atomic E-state index is -0.585. The quantitative estimate of drug-likeness (QED) is 0.0428. The topological polar surface area (TPSA) is 55.8 Å². The van der Waals surface area contributed by atoms with Crippen LogP contribution in [0.5, 0.6) is 0 Å². The normalized spacial score (nSPS) is 13.8. The lowest BCUT2D eigenvalue weighted by Gasteiger charge is -2.15. The summed E-state index contributed by atoms with van der Waals surface area (Å²) in [5.41, 5.74) is 0. The van der Waals surface area contributed by atoms with E-state index in [1.54, 1.807) is 0 Å². The van der Waals surface area contributed by atoms with Crippen molar-refractivity contribution in [3.8, 4) is 0 Å². The van der Waals surface area contributed by atoms with Crippen molar-refractivity contribution in [3.05, 3.63) is 122 Å². The van der Waals surface area contributed by atoms with Gasteiger partial charge >= 0.3 is 5.97 Å². The van der Waals surface area contributed by atoms with Gasteiger partial charge < -0.3 is 14.6 Å². The lowest BCUT2D eigenvalue weighted by Crippen LogP contribution is -2.27. The van der Waals surface area contributed by atoms with E-state index in [2.05, 4.69) is 135 Å². The van der Waals surface area contributed by atoms with Crippen LogP contribution in [0.4, 0.5) is 0 Å². The van der Waals surface area contributed by atoms with Crippen LogP contribution in [0.2, 0.25) is 0 Å². The summed E-state index contributed by atoms with van der Waals surface area (Å²) >= 11 is 0. The Bertz CT molecular complexity index is 1020. The molecule has 0 heterocycles. The number of carbonyl (C=O) groups is 1. The number of aliphatic hydroxyl groups is 1. The maximum absolute atomic E-state index is 12.2. The van der Waals surface area contributed by atoms with Crippen LogP contribution >= 0.6 is 0 Å². The molecule has 49 heavy (non-hydrogen) atoms. The SMILES string of the molecule is CC/C=C\C/C=C\C/C=C\C/C=C\C/C=C\C/C=C\CCCCCCC(=O)OC(CO)COCCC/C=C\C/C=C\C/C=C\C/C=C\CC. The molecule has 0 fully saturated rings. The van der Waals surface area contributed by atoms with Crippen LogP contribution in [0.1, 0.15) is 129 Å². The van der Waals surface area contributed by atoms with Crippen molar-refractivity contribution in [2.75, 3.05) is 19.8 Å². The van der Waals surface area contributed by atoms with Crippen molar-refractivity contribution in [1.29, 1.82) is 0 Å². The van der Waals surface area contributed by atoms with Crippen LogP contribution in [-0.2, 0) is 14.3 Å². The highest BCUT2D eigenvalue weighted by Crippen LogP contribution is 2.08. The molecular weight excluding hydrogens is 604 g/mol. The van der Waals surface area contributed by atoms with Crippen LogP contribution in [-0.4, -0.2) is 37.0 Å². The molecule has 0 aromatic heterocycles. The van der Waals surface area contributed by atoms with Gasteiger partial charge in [-0.3, -0.25) is 4.79 Å². The average Bonchev–Trinajstić information content (AvgIpc) is 3.11. The van der Waals surface area contributed by atoms with Gasteiger partial charge in [0.2, 0.25) is 0 Å². The smallest absolute Gasteiger partial charge is 0.306 e. The number of ether oxygens (including phenoxy) is 2. The van der Waals surface area contributed by atoms with Crippen molar-refractivity contribution in [1.82, 2.24) is 0 Å². The Labute approximate surface area is 301 Å². The molecule has 0 aliphatic carbocycles. The van der Waals surface area contributed by atoms with Crippen LogP contribution in [0.3, 0.4) is 0 Å². The van der Waals surface area contributed by atoms with Crippen molar-refractivity contribution in [3.63, 3.8) is 0 Å². The lowest BCUT2D eigenvalue weighted by molar-refractivity contribution is -0.154. The van der Waals surface area contributed by atoms with Gasteiger partial charge in [0.05, 0.1) is 13.2 Å². The van der Waals surface area contributed by atoms with Gasteiger partial charge in [0, 0.05) is 13.0 Å². The first kappa shape index (κ1) is 45.8. The highest BCUT2D eigenvalue weighted by atomic mass is 16.6. The van der Waals surface area contributed by atoms with E-state index in [1.165, 1.54) is 0 Å². The summed E-state index contributed by atoms with van der Waals surface area (Å²) in [5, 5.41) is 9.56. The first-order chi connectivity index (χ1) is 24.2. The molecule has 0 rings (SSSR count). The second kappa shape index (κ2) is 41.0. The van der Waals surface area contributed by atoms with Gasteiger partial charge in [-0.15, -0.1) is 0 Å². The van der Waals surface area contributed by atoms with Gasteiger partial charge in [-0.2, -0.15) is 0 Å². The van der Waals surface area contributed by atoms with E-state index in [9.17, 15) is 9.90 Å². The van der Waals surface area contributed by atoms with E-state index in [-0.39, 0.29) is 19.2 Å². The molecular formula is C45H70O4. The molecule has 0 aromatic carbocycles. The molecule has 4 heteroatoms. The predicted octanol–water partition coefficient (Wildman–Crippen LogP) is 12.5. The van der Waals surface area contributed by atoms with Gasteiger partial charge in [0.25, 0.3) is 0 Å². The molecule has 1 atom stereocenters. The van der Waals surface area contributed by atoms with E-state index in [0.29, 0.717) is 13.0 Å². The third-order valence-electron chi connectivity index (χ3n) is 7.28. The zero-order valence-corrected chi connectivity index (χ0v) is 31.1. The molecule has 4 nitrogen and oxygen atoms in total. The van der Waals surface area contributed by atoms with Crippen LogP contribution in [0, 0.1) is 0 Å². The Morgan fingerprint density at radius 2 is 0.857 bits per heavy atom. The second-order valence-electron chi connectivity index (χ2n) is 11.9. The molecule has 1 unspecified atom stereocenters. The third-order valence-corrected chi connectivity index (χ3v) is 7.28. The maximum atomic E-state index is 12.2. The summed E-state index contributed by atoms with van der Waals surface area (Å²) in [6.07, 6.45) is 61.1. The van der Waals surface area contributed by atoms with Crippen LogP contribution in [0.15, 0.2) is 122 Å². The average molecular weight is 675 g/mol. The van der Waals surface area contributed by atoms with Gasteiger partial charge in [-0.1, -0.05) is 148 Å². The van der Waals surface area contributed by atoms with E-state index in [1.807, 2.05) is 0 Å². The summed E-state index contributed by atoms with van der Waals surface area (Å²) in [5.74, 6) is -0.251. The van der Waals surface area contributed by atoms with Crippen molar-refractivity contribution >= 4 is 5.97 Å². The summed E-state index contributed by atoms with van der Waals surface area (Å²) in [7, 11) is 0. The Balaban J connectivity index is 3.66. The minimum Gasteiger partial charge on any atom is -0.457 e. The van der Waals surface area contributed by atoms with Gasteiger partial charge in [0.1, 0.15) is 6.10 Å². The second-order valence-corrected chi connectivity index (χ2v) is 11.9. The molecule has 0 spiro atoms. The highest BCUT2D eigenvalue weighted by Gasteiger charge is 2.13. The van der Waals surface area contributed by atoms with Crippen molar-refractivity contribution in [2.45, 2.75) is 136 Å². The predicted molar refractivity (Wildman–Crippen MR) is 214 cm³/mol. The number of rotatable bonds is 33. The summed E-state index contributed by atoms with van der Waals surface area (Å²) in [6.45, 7) is 4.92. The summed E-state index contributed by atoms with van der Waals surface area (Å²) in [4.78, 5) is 12.2. The molecule has 1 N–H and O–H groups in total. The third kappa shape index (κ3) is 39.1. The van der Waals surface area contributed by atoms with Crippen molar-refractivity contribution in [2.24, 2.45) is 0 Å². The Kier molecular flexibility index (Phi) is 38.3. The molecule has 0 aliphatic rings. The first-order valence-electron chi connectivity index (χ1n) is 19.1. The standard InChI is InChI=1S/C45H70O4/c1-3-5-7-9-11-13-15-17-19-20-21-22-23-24-25-26-27-28-30-32-34-36-38-40-45(47)49-44(42-46)43-48-41-39-37-35-33-31-29-18-16-14-12-10-8-6-4-2/h5-8,11-14,17-19,21-22,24-25,27-29,33,35,44,46H,3-4,9-10,15-16,20,23,26,30-32,34,36-43H2,1-2H3/b7-5-,8-6-,13-11-,14-12-,19-17-,22-21-,25-24-,28-27-,29-18-,35-33-.